The molecule has 98 valence electrons. The van der Waals surface area contributed by atoms with E-state index in [9.17, 15) is 9.59 Å². The minimum Gasteiger partial charge on any atom is -0.480 e. The third kappa shape index (κ3) is 3.89. The van der Waals surface area contributed by atoms with Gasteiger partial charge in [0, 0.05) is 26.2 Å². The van der Waals surface area contributed by atoms with Crippen molar-refractivity contribution < 1.29 is 14.7 Å². The molecule has 1 heterocycles. The van der Waals surface area contributed by atoms with Gasteiger partial charge in [0.1, 0.15) is 6.04 Å². The maximum Gasteiger partial charge on any atom is 0.326 e. The van der Waals surface area contributed by atoms with E-state index in [0.29, 0.717) is 19.5 Å². The van der Waals surface area contributed by atoms with Crippen molar-refractivity contribution in [3.8, 4) is 0 Å². The Labute approximate surface area is 102 Å². The first-order chi connectivity index (χ1) is 8.08. The number of nitrogens with one attached hydrogen (secondary N) is 1. The van der Waals surface area contributed by atoms with Gasteiger partial charge in [0.15, 0.2) is 0 Å². The summed E-state index contributed by atoms with van der Waals surface area (Å²) in [6.07, 6.45) is 0.399. The Morgan fingerprint density at radius 2 is 1.82 bits per heavy atom. The number of urea groups is 1. The highest BCUT2D eigenvalue weighted by molar-refractivity contribution is 5.82. The number of piperazine rings is 1. The predicted molar refractivity (Wildman–Crippen MR) is 63.9 cm³/mol. The smallest absolute Gasteiger partial charge is 0.326 e. The summed E-state index contributed by atoms with van der Waals surface area (Å²) in [6.45, 7) is 7.86. The van der Waals surface area contributed by atoms with Gasteiger partial charge in [-0.2, -0.15) is 0 Å². The highest BCUT2D eigenvalue weighted by Crippen LogP contribution is 2.02. The molecule has 1 saturated heterocycles. The quantitative estimate of drug-likeness (QED) is 0.739. The second kappa shape index (κ2) is 6.44. The second-order valence-corrected chi connectivity index (χ2v) is 4.17. The molecule has 0 aromatic rings. The van der Waals surface area contributed by atoms with E-state index in [1.54, 1.807) is 11.8 Å². The average Bonchev–Trinajstić information content (AvgIpc) is 2.35. The van der Waals surface area contributed by atoms with Gasteiger partial charge >= 0.3 is 12.0 Å². The number of carboxylic acids is 1. The standard InChI is InChI=1S/C11H21N3O3/c1-3-9(10(15)16)12-11(17)14-7-5-13(4-2)6-8-14/h9H,3-8H2,1-2H3,(H,12,17)(H,15,16). The zero-order valence-electron chi connectivity index (χ0n) is 10.5. The van der Waals surface area contributed by atoms with Crippen molar-refractivity contribution in [2.75, 3.05) is 32.7 Å². The molecular weight excluding hydrogens is 222 g/mol. The Morgan fingerprint density at radius 3 is 2.24 bits per heavy atom. The Balaban J connectivity index is 2.41. The number of aliphatic carboxylic acids is 1. The molecule has 1 unspecified atom stereocenters. The van der Waals surface area contributed by atoms with E-state index in [0.717, 1.165) is 19.6 Å². The topological polar surface area (TPSA) is 72.9 Å². The van der Waals surface area contributed by atoms with Gasteiger partial charge in [-0.15, -0.1) is 0 Å². The van der Waals surface area contributed by atoms with Crippen molar-refractivity contribution in [2.45, 2.75) is 26.3 Å². The highest BCUT2D eigenvalue weighted by Gasteiger charge is 2.24. The minimum atomic E-state index is -0.979. The van der Waals surface area contributed by atoms with Crippen molar-refractivity contribution >= 4 is 12.0 Å². The first-order valence-corrected chi connectivity index (χ1v) is 6.09. The van der Waals surface area contributed by atoms with Crippen LogP contribution in [0.4, 0.5) is 4.79 Å². The van der Waals surface area contributed by atoms with Crippen LogP contribution in [0.5, 0.6) is 0 Å². The van der Waals surface area contributed by atoms with Gasteiger partial charge in [-0.3, -0.25) is 0 Å². The van der Waals surface area contributed by atoms with E-state index in [1.807, 2.05) is 0 Å². The van der Waals surface area contributed by atoms with E-state index in [1.165, 1.54) is 0 Å². The van der Waals surface area contributed by atoms with E-state index in [4.69, 9.17) is 5.11 Å². The SMILES string of the molecule is CCC(NC(=O)N1CCN(CC)CC1)C(=O)O. The van der Waals surface area contributed by atoms with Crippen LogP contribution in [0.15, 0.2) is 0 Å². The molecule has 2 N–H and O–H groups in total. The van der Waals surface area contributed by atoms with Gasteiger partial charge in [-0.25, -0.2) is 9.59 Å². The third-order valence-electron chi connectivity index (χ3n) is 3.11. The Bertz CT molecular complexity index is 275. The van der Waals surface area contributed by atoms with E-state index in [-0.39, 0.29) is 6.03 Å². The van der Waals surface area contributed by atoms with Crippen molar-refractivity contribution in [3.05, 3.63) is 0 Å². The largest absolute Gasteiger partial charge is 0.480 e. The Morgan fingerprint density at radius 1 is 1.24 bits per heavy atom. The molecular formula is C11H21N3O3. The molecule has 1 fully saturated rings. The summed E-state index contributed by atoms with van der Waals surface area (Å²) in [5, 5.41) is 11.4. The number of carboxylic acid groups (broad SMARTS) is 1. The number of likely N-dealkylation sites (N-methyl/N-ethyl adjacent to an activating group) is 1. The molecule has 0 saturated carbocycles. The number of hydrogen-bond acceptors (Lipinski definition) is 3. The van der Waals surface area contributed by atoms with Crippen LogP contribution < -0.4 is 5.32 Å². The first kappa shape index (κ1) is 13.8. The van der Waals surface area contributed by atoms with Gasteiger partial charge in [0.05, 0.1) is 0 Å². The van der Waals surface area contributed by atoms with Crippen molar-refractivity contribution in [1.29, 1.82) is 0 Å². The second-order valence-electron chi connectivity index (χ2n) is 4.17. The molecule has 1 rings (SSSR count). The maximum absolute atomic E-state index is 11.8. The fourth-order valence-electron chi connectivity index (χ4n) is 1.85. The molecule has 0 aliphatic carbocycles. The molecule has 17 heavy (non-hydrogen) atoms. The van der Waals surface area contributed by atoms with Crippen LogP contribution in [0.25, 0.3) is 0 Å². The Kier molecular flexibility index (Phi) is 5.21. The van der Waals surface area contributed by atoms with Crippen molar-refractivity contribution in [3.63, 3.8) is 0 Å². The van der Waals surface area contributed by atoms with Crippen molar-refractivity contribution in [2.24, 2.45) is 0 Å². The van der Waals surface area contributed by atoms with Crippen molar-refractivity contribution in [1.82, 2.24) is 15.1 Å². The summed E-state index contributed by atoms with van der Waals surface area (Å²) in [7, 11) is 0. The summed E-state index contributed by atoms with van der Waals surface area (Å²) >= 11 is 0. The Hall–Kier alpha value is -1.30. The van der Waals surface area contributed by atoms with E-state index in [2.05, 4.69) is 17.1 Å². The summed E-state index contributed by atoms with van der Waals surface area (Å²) in [4.78, 5) is 26.5. The van der Waals surface area contributed by atoms with Gasteiger partial charge in [-0.05, 0) is 13.0 Å². The number of hydrogen-bond donors (Lipinski definition) is 2. The first-order valence-electron chi connectivity index (χ1n) is 6.09. The van der Waals surface area contributed by atoms with Crippen LogP contribution in [0.1, 0.15) is 20.3 Å². The van der Waals surface area contributed by atoms with Gasteiger partial charge in [0.2, 0.25) is 0 Å². The molecule has 0 aromatic heterocycles. The molecule has 2 amide bonds. The molecule has 1 aliphatic heterocycles. The normalized spacial score (nSPS) is 18.8. The summed E-state index contributed by atoms with van der Waals surface area (Å²) in [5.41, 5.74) is 0. The molecule has 1 aliphatic rings. The lowest BCUT2D eigenvalue weighted by Crippen LogP contribution is -2.54. The van der Waals surface area contributed by atoms with Gasteiger partial charge < -0.3 is 20.2 Å². The molecule has 1 atom stereocenters. The monoisotopic (exact) mass is 243 g/mol. The maximum atomic E-state index is 11.8. The minimum absolute atomic E-state index is 0.269. The molecule has 0 aromatic carbocycles. The van der Waals surface area contributed by atoms with Gasteiger partial charge in [-0.1, -0.05) is 13.8 Å². The molecule has 0 bridgehead atoms. The zero-order valence-corrected chi connectivity index (χ0v) is 10.5. The number of carbonyl (C=O) groups excluding carboxylic acids is 1. The summed E-state index contributed by atoms with van der Waals surface area (Å²) in [5.74, 6) is -0.979. The average molecular weight is 243 g/mol. The van der Waals surface area contributed by atoms with Crippen LogP contribution in [0, 0.1) is 0 Å². The fourth-order valence-corrected chi connectivity index (χ4v) is 1.85. The van der Waals surface area contributed by atoms with Gasteiger partial charge in [0.25, 0.3) is 0 Å². The third-order valence-corrected chi connectivity index (χ3v) is 3.11. The van der Waals surface area contributed by atoms with Crippen LogP contribution in [-0.4, -0.2) is 65.7 Å². The lowest BCUT2D eigenvalue weighted by molar-refractivity contribution is -0.139. The van der Waals surface area contributed by atoms with Crippen LogP contribution in [0.3, 0.4) is 0 Å². The molecule has 6 nitrogen and oxygen atoms in total. The number of carbonyl (C=O) groups is 2. The number of nitrogens with zero attached hydrogens (tertiary/aromatic N) is 2. The lowest BCUT2D eigenvalue weighted by Gasteiger charge is -2.34. The van der Waals surface area contributed by atoms with Crippen LogP contribution in [0.2, 0.25) is 0 Å². The predicted octanol–water partition coefficient (Wildman–Crippen LogP) is 0.197. The van der Waals surface area contributed by atoms with E-state index >= 15 is 0 Å². The molecule has 0 spiro atoms. The molecule has 6 heteroatoms. The summed E-state index contributed by atoms with van der Waals surface area (Å²) in [6, 6.07) is -1.05. The number of amides is 2. The fraction of sp³-hybridized carbons (Fsp3) is 0.818. The lowest BCUT2D eigenvalue weighted by atomic mass is 10.2. The van der Waals surface area contributed by atoms with E-state index < -0.39 is 12.0 Å². The zero-order chi connectivity index (χ0) is 12.8. The number of rotatable bonds is 4. The summed E-state index contributed by atoms with van der Waals surface area (Å²) < 4.78 is 0. The van der Waals surface area contributed by atoms with Crippen LogP contribution >= 0.6 is 0 Å². The highest BCUT2D eigenvalue weighted by atomic mass is 16.4. The van der Waals surface area contributed by atoms with Crippen LogP contribution in [-0.2, 0) is 4.79 Å². The molecule has 0 radical (unpaired) electrons.